The second kappa shape index (κ2) is 4.85. The van der Waals surface area contributed by atoms with Gasteiger partial charge in [-0.25, -0.2) is 0 Å². The molecule has 0 spiro atoms. The molecule has 0 aliphatic rings. The third-order valence-electron chi connectivity index (χ3n) is 2.91. The van der Waals surface area contributed by atoms with Gasteiger partial charge in [0.05, 0.1) is 0 Å². The van der Waals surface area contributed by atoms with E-state index >= 15 is 0 Å². The quantitative estimate of drug-likeness (QED) is 0.689. The number of hydrogen-bond acceptors (Lipinski definition) is 1. The summed E-state index contributed by atoms with van der Waals surface area (Å²) in [6, 6.07) is 0. The number of alkyl halides is 1. The molecule has 0 aliphatic carbocycles. The van der Waals surface area contributed by atoms with Crippen LogP contribution in [-0.4, -0.2) is 11.3 Å². The van der Waals surface area contributed by atoms with Crippen LogP contribution in [0.3, 0.4) is 0 Å². The van der Waals surface area contributed by atoms with Crippen LogP contribution in [0.2, 0.25) is 0 Å². The zero-order valence-electron chi connectivity index (χ0n) is 8.93. The lowest BCUT2D eigenvalue weighted by Crippen LogP contribution is -2.27. The Morgan fingerprint density at radius 3 is 2.23 bits per heavy atom. The van der Waals surface area contributed by atoms with Crippen molar-refractivity contribution in [2.45, 2.75) is 45.9 Å². The third-order valence-corrected chi connectivity index (χ3v) is 3.35. The summed E-state index contributed by atoms with van der Waals surface area (Å²) in [4.78, 5) is 10.7. The summed E-state index contributed by atoms with van der Waals surface area (Å²) in [6.45, 7) is 8.71. The molecule has 0 saturated heterocycles. The summed E-state index contributed by atoms with van der Waals surface area (Å²) in [5, 5.41) is -0.516. The summed E-state index contributed by atoms with van der Waals surface area (Å²) in [5.74, 6) is 0.172. The number of carbonyl (C=O) groups excluding carboxylic acids is 1. The number of nitrogens with two attached hydrogens (primary N) is 1. The van der Waals surface area contributed by atoms with Crippen molar-refractivity contribution in [1.29, 1.82) is 0 Å². The van der Waals surface area contributed by atoms with E-state index in [1.165, 1.54) is 0 Å². The molecule has 13 heavy (non-hydrogen) atoms. The van der Waals surface area contributed by atoms with Gasteiger partial charge >= 0.3 is 0 Å². The van der Waals surface area contributed by atoms with E-state index in [9.17, 15) is 4.79 Å². The Hall–Kier alpha value is -0.240. The van der Waals surface area contributed by atoms with Crippen molar-refractivity contribution in [2.24, 2.45) is 17.1 Å². The van der Waals surface area contributed by atoms with Crippen LogP contribution in [0, 0.1) is 11.3 Å². The van der Waals surface area contributed by atoms with Crippen molar-refractivity contribution in [3.8, 4) is 0 Å². The van der Waals surface area contributed by atoms with Crippen LogP contribution in [0.5, 0.6) is 0 Å². The van der Waals surface area contributed by atoms with Crippen molar-refractivity contribution < 1.29 is 4.79 Å². The number of halogens is 1. The summed E-state index contributed by atoms with van der Waals surface area (Å²) in [6.07, 6.45) is 1.60. The first-order valence-corrected chi connectivity index (χ1v) is 5.14. The average Bonchev–Trinajstić information content (AvgIpc) is 1.99. The van der Waals surface area contributed by atoms with Gasteiger partial charge in [0, 0.05) is 0 Å². The van der Waals surface area contributed by atoms with Gasteiger partial charge in [-0.15, -0.1) is 11.6 Å². The zero-order valence-corrected chi connectivity index (χ0v) is 9.69. The highest BCUT2D eigenvalue weighted by Crippen LogP contribution is 2.32. The van der Waals surface area contributed by atoms with Gasteiger partial charge < -0.3 is 5.73 Å². The molecule has 0 saturated carbocycles. The number of amides is 1. The summed E-state index contributed by atoms with van der Waals surface area (Å²) < 4.78 is 0. The van der Waals surface area contributed by atoms with Gasteiger partial charge in [0.2, 0.25) is 5.91 Å². The summed E-state index contributed by atoms with van der Waals surface area (Å²) in [7, 11) is 0. The molecule has 0 heterocycles. The first-order valence-electron chi connectivity index (χ1n) is 4.70. The number of primary amides is 1. The van der Waals surface area contributed by atoms with Crippen LogP contribution in [0.15, 0.2) is 0 Å². The predicted molar refractivity (Wildman–Crippen MR) is 56.7 cm³/mol. The number of carbonyl (C=O) groups is 1. The van der Waals surface area contributed by atoms with Crippen molar-refractivity contribution in [1.82, 2.24) is 0 Å². The molecule has 0 aromatic heterocycles. The van der Waals surface area contributed by atoms with Gasteiger partial charge in [-0.3, -0.25) is 4.79 Å². The largest absolute Gasteiger partial charge is 0.368 e. The normalized spacial score (nSPS) is 14.6. The Bertz CT molecular complexity index is 178. The highest BCUT2D eigenvalue weighted by atomic mass is 35.5. The second-order valence-corrected chi connectivity index (χ2v) is 5.08. The Kier molecular flexibility index (Phi) is 4.76. The molecule has 0 aliphatic heterocycles. The SMILES string of the molecule is CC(C)C(C)(C)CCC(Cl)C(N)=O. The lowest BCUT2D eigenvalue weighted by Gasteiger charge is -2.29. The van der Waals surface area contributed by atoms with E-state index in [4.69, 9.17) is 17.3 Å². The molecular weight excluding hydrogens is 186 g/mol. The fourth-order valence-electron chi connectivity index (χ4n) is 0.930. The second-order valence-electron chi connectivity index (χ2n) is 4.55. The van der Waals surface area contributed by atoms with Crippen molar-refractivity contribution >= 4 is 17.5 Å². The smallest absolute Gasteiger partial charge is 0.235 e. The molecule has 1 unspecified atom stereocenters. The monoisotopic (exact) mass is 205 g/mol. The molecule has 78 valence electrons. The van der Waals surface area contributed by atoms with Crippen LogP contribution in [-0.2, 0) is 4.79 Å². The fraction of sp³-hybridized carbons (Fsp3) is 0.900. The topological polar surface area (TPSA) is 43.1 Å². The molecule has 1 amide bonds. The molecule has 0 rings (SSSR count). The van der Waals surface area contributed by atoms with Gasteiger partial charge in [-0.1, -0.05) is 27.7 Å². The molecule has 0 fully saturated rings. The van der Waals surface area contributed by atoms with Crippen LogP contribution < -0.4 is 5.73 Å². The molecule has 0 aromatic carbocycles. The maximum absolute atomic E-state index is 10.7. The lowest BCUT2D eigenvalue weighted by atomic mass is 9.77. The van der Waals surface area contributed by atoms with Crippen molar-refractivity contribution in [3.63, 3.8) is 0 Å². The molecule has 2 N–H and O–H groups in total. The van der Waals surface area contributed by atoms with Gasteiger partial charge in [0.1, 0.15) is 5.38 Å². The molecular formula is C10H20ClNO. The summed E-state index contributed by atoms with van der Waals surface area (Å²) in [5.41, 5.74) is 5.30. The van der Waals surface area contributed by atoms with Crippen LogP contribution in [0.4, 0.5) is 0 Å². The van der Waals surface area contributed by atoms with Gasteiger partial charge in [0.25, 0.3) is 0 Å². The van der Waals surface area contributed by atoms with Crippen molar-refractivity contribution in [3.05, 3.63) is 0 Å². The molecule has 3 heteroatoms. The minimum atomic E-state index is -0.516. The average molecular weight is 206 g/mol. The molecule has 0 bridgehead atoms. The van der Waals surface area contributed by atoms with E-state index in [2.05, 4.69) is 27.7 Å². The first-order chi connectivity index (χ1) is 5.77. The summed E-state index contributed by atoms with van der Waals surface area (Å²) >= 11 is 5.75. The third kappa shape index (κ3) is 4.51. The van der Waals surface area contributed by atoms with Crippen LogP contribution >= 0.6 is 11.6 Å². The fourth-order valence-corrected chi connectivity index (χ4v) is 1.04. The molecule has 2 nitrogen and oxygen atoms in total. The Morgan fingerprint density at radius 1 is 1.46 bits per heavy atom. The minimum Gasteiger partial charge on any atom is -0.368 e. The van der Waals surface area contributed by atoms with E-state index < -0.39 is 11.3 Å². The van der Waals surface area contributed by atoms with E-state index in [0.29, 0.717) is 12.3 Å². The number of rotatable bonds is 5. The highest BCUT2D eigenvalue weighted by Gasteiger charge is 2.24. The van der Waals surface area contributed by atoms with E-state index in [1.807, 2.05) is 0 Å². The standard InChI is InChI=1S/C10H20ClNO/c1-7(2)10(3,4)6-5-8(11)9(12)13/h7-8H,5-6H2,1-4H3,(H2,12,13). The van der Waals surface area contributed by atoms with E-state index in [-0.39, 0.29) is 5.41 Å². The maximum atomic E-state index is 10.7. The Labute approximate surface area is 85.8 Å². The minimum absolute atomic E-state index is 0.225. The Morgan fingerprint density at radius 2 is 1.92 bits per heavy atom. The predicted octanol–water partition coefficient (Wildman–Crippen LogP) is 2.54. The zero-order chi connectivity index (χ0) is 10.6. The highest BCUT2D eigenvalue weighted by molar-refractivity contribution is 6.30. The van der Waals surface area contributed by atoms with Gasteiger partial charge in [-0.2, -0.15) is 0 Å². The van der Waals surface area contributed by atoms with Crippen molar-refractivity contribution in [2.75, 3.05) is 0 Å². The number of hydrogen-bond donors (Lipinski definition) is 1. The van der Waals surface area contributed by atoms with Crippen LogP contribution in [0.1, 0.15) is 40.5 Å². The van der Waals surface area contributed by atoms with E-state index in [0.717, 1.165) is 6.42 Å². The first kappa shape index (κ1) is 12.8. The van der Waals surface area contributed by atoms with Gasteiger partial charge in [0.15, 0.2) is 0 Å². The lowest BCUT2D eigenvalue weighted by molar-refractivity contribution is -0.117. The molecule has 1 atom stereocenters. The maximum Gasteiger partial charge on any atom is 0.235 e. The van der Waals surface area contributed by atoms with Gasteiger partial charge in [-0.05, 0) is 24.2 Å². The van der Waals surface area contributed by atoms with E-state index in [1.54, 1.807) is 0 Å². The Balaban J connectivity index is 3.95. The van der Waals surface area contributed by atoms with Crippen LogP contribution in [0.25, 0.3) is 0 Å². The molecule has 0 aromatic rings. The molecule has 0 radical (unpaired) electrons.